The molecular formula is C13H17N5O. The summed E-state index contributed by atoms with van der Waals surface area (Å²) in [4.78, 5) is 17.6. The predicted octanol–water partition coefficient (Wildman–Crippen LogP) is 1.07. The van der Waals surface area contributed by atoms with E-state index >= 15 is 0 Å². The average molecular weight is 259 g/mol. The maximum absolute atomic E-state index is 11.4. The van der Waals surface area contributed by atoms with Gasteiger partial charge in [-0.15, -0.1) is 5.10 Å². The van der Waals surface area contributed by atoms with Crippen LogP contribution in [0.2, 0.25) is 0 Å². The molecule has 0 saturated carbocycles. The molecule has 0 radical (unpaired) electrons. The van der Waals surface area contributed by atoms with E-state index < -0.39 is 0 Å². The summed E-state index contributed by atoms with van der Waals surface area (Å²) in [6.07, 6.45) is 3.32. The van der Waals surface area contributed by atoms with Gasteiger partial charge in [0.15, 0.2) is 5.65 Å². The molecule has 1 atom stereocenters. The summed E-state index contributed by atoms with van der Waals surface area (Å²) >= 11 is 0. The monoisotopic (exact) mass is 259 g/mol. The van der Waals surface area contributed by atoms with Crippen molar-refractivity contribution in [1.29, 1.82) is 0 Å². The van der Waals surface area contributed by atoms with Crippen molar-refractivity contribution in [2.45, 2.75) is 25.8 Å². The normalized spacial score (nSPS) is 20.0. The number of aryl methyl sites for hydroxylation is 1. The van der Waals surface area contributed by atoms with Crippen LogP contribution in [-0.4, -0.2) is 45.0 Å². The van der Waals surface area contributed by atoms with Crippen LogP contribution in [0.15, 0.2) is 18.3 Å². The van der Waals surface area contributed by atoms with Gasteiger partial charge in [-0.2, -0.15) is 4.98 Å². The molecule has 1 amide bonds. The van der Waals surface area contributed by atoms with Crippen LogP contribution >= 0.6 is 0 Å². The molecule has 19 heavy (non-hydrogen) atoms. The molecule has 2 aromatic heterocycles. The van der Waals surface area contributed by atoms with E-state index in [9.17, 15) is 4.79 Å². The summed E-state index contributed by atoms with van der Waals surface area (Å²) in [5.74, 6) is 0.829. The Morgan fingerprint density at radius 1 is 1.47 bits per heavy atom. The molecule has 3 heterocycles. The molecule has 1 saturated heterocycles. The Morgan fingerprint density at radius 3 is 3.11 bits per heavy atom. The summed E-state index contributed by atoms with van der Waals surface area (Å²) in [6, 6.07) is 4.22. The molecule has 1 fully saturated rings. The average Bonchev–Trinajstić information content (AvgIpc) is 2.75. The highest BCUT2D eigenvalue weighted by Gasteiger charge is 2.23. The number of rotatable bonds is 2. The first-order valence-corrected chi connectivity index (χ1v) is 6.45. The van der Waals surface area contributed by atoms with Crippen LogP contribution in [-0.2, 0) is 4.79 Å². The van der Waals surface area contributed by atoms with Crippen molar-refractivity contribution in [2.75, 3.05) is 18.9 Å². The van der Waals surface area contributed by atoms with Crippen LogP contribution in [0.1, 0.15) is 18.4 Å². The van der Waals surface area contributed by atoms with Crippen molar-refractivity contribution < 1.29 is 4.79 Å². The van der Waals surface area contributed by atoms with Crippen molar-refractivity contribution in [3.63, 3.8) is 0 Å². The fourth-order valence-electron chi connectivity index (χ4n) is 2.36. The van der Waals surface area contributed by atoms with Gasteiger partial charge in [-0.3, -0.25) is 4.79 Å². The zero-order valence-electron chi connectivity index (χ0n) is 11.1. The van der Waals surface area contributed by atoms with E-state index in [1.165, 1.54) is 0 Å². The number of anilines is 1. The number of amides is 1. The van der Waals surface area contributed by atoms with Gasteiger partial charge in [0.05, 0.1) is 0 Å². The number of nitrogens with one attached hydrogen (secondary N) is 1. The number of aromatic nitrogens is 3. The third-order valence-electron chi connectivity index (χ3n) is 3.45. The van der Waals surface area contributed by atoms with Crippen molar-refractivity contribution >= 4 is 17.5 Å². The summed E-state index contributed by atoms with van der Waals surface area (Å²) in [6.45, 7) is 2.73. The summed E-state index contributed by atoms with van der Waals surface area (Å²) in [5, 5.41) is 7.69. The fraction of sp³-hybridized carbons (Fsp3) is 0.462. The maximum Gasteiger partial charge on any atom is 0.243 e. The number of carbonyl (C=O) groups excluding carboxylic acids is 1. The van der Waals surface area contributed by atoms with Crippen LogP contribution < -0.4 is 5.32 Å². The number of nitrogens with zero attached hydrogens (tertiary/aromatic N) is 4. The van der Waals surface area contributed by atoms with E-state index in [2.05, 4.69) is 15.4 Å². The Kier molecular flexibility index (Phi) is 2.85. The molecule has 0 bridgehead atoms. The van der Waals surface area contributed by atoms with Gasteiger partial charge in [0.2, 0.25) is 11.9 Å². The number of carbonyl (C=O) groups is 1. The van der Waals surface area contributed by atoms with Crippen LogP contribution in [0, 0.1) is 6.92 Å². The molecule has 1 aliphatic heterocycles. The molecule has 6 nitrogen and oxygen atoms in total. The van der Waals surface area contributed by atoms with E-state index in [0.717, 1.165) is 17.6 Å². The van der Waals surface area contributed by atoms with Gasteiger partial charge in [0, 0.05) is 32.3 Å². The number of piperidine rings is 1. The third-order valence-corrected chi connectivity index (χ3v) is 3.45. The Bertz CT molecular complexity index is 621. The second kappa shape index (κ2) is 4.53. The highest BCUT2D eigenvalue weighted by Crippen LogP contribution is 2.14. The lowest BCUT2D eigenvalue weighted by molar-refractivity contribution is -0.132. The zero-order chi connectivity index (χ0) is 13.4. The van der Waals surface area contributed by atoms with E-state index in [1.807, 2.05) is 32.3 Å². The topological polar surface area (TPSA) is 62.5 Å². The van der Waals surface area contributed by atoms with Gasteiger partial charge in [0.25, 0.3) is 0 Å². The molecular weight excluding hydrogens is 242 g/mol. The van der Waals surface area contributed by atoms with Crippen molar-refractivity contribution in [3.05, 3.63) is 23.9 Å². The van der Waals surface area contributed by atoms with Crippen molar-refractivity contribution in [1.82, 2.24) is 19.5 Å². The predicted molar refractivity (Wildman–Crippen MR) is 72.0 cm³/mol. The first-order chi connectivity index (χ1) is 9.11. The van der Waals surface area contributed by atoms with Crippen LogP contribution in [0.3, 0.4) is 0 Å². The minimum absolute atomic E-state index is 0.205. The van der Waals surface area contributed by atoms with Gasteiger partial charge in [0.1, 0.15) is 0 Å². The first kappa shape index (κ1) is 12.0. The Balaban J connectivity index is 1.76. The lowest BCUT2D eigenvalue weighted by Crippen LogP contribution is -2.43. The minimum Gasteiger partial charge on any atom is -0.348 e. The smallest absolute Gasteiger partial charge is 0.243 e. The Hall–Kier alpha value is -2.11. The second-order valence-corrected chi connectivity index (χ2v) is 5.10. The van der Waals surface area contributed by atoms with Crippen LogP contribution in [0.25, 0.3) is 5.65 Å². The molecule has 0 aliphatic carbocycles. The lowest BCUT2D eigenvalue weighted by Gasteiger charge is -2.29. The number of likely N-dealkylation sites (N-methyl/N-ethyl adjacent to an activating group) is 1. The first-order valence-electron chi connectivity index (χ1n) is 6.45. The zero-order valence-corrected chi connectivity index (χ0v) is 11.1. The van der Waals surface area contributed by atoms with Gasteiger partial charge < -0.3 is 10.2 Å². The second-order valence-electron chi connectivity index (χ2n) is 5.10. The molecule has 0 spiro atoms. The van der Waals surface area contributed by atoms with Gasteiger partial charge in [-0.05, 0) is 31.0 Å². The molecule has 100 valence electrons. The van der Waals surface area contributed by atoms with Crippen molar-refractivity contribution in [2.24, 2.45) is 0 Å². The number of likely N-dealkylation sites (tertiary alicyclic amines) is 1. The van der Waals surface area contributed by atoms with Gasteiger partial charge >= 0.3 is 0 Å². The fourth-order valence-corrected chi connectivity index (χ4v) is 2.36. The minimum atomic E-state index is 0.205. The Labute approximate surface area is 111 Å². The van der Waals surface area contributed by atoms with Gasteiger partial charge in [-0.25, -0.2) is 4.52 Å². The number of hydrogen-bond donors (Lipinski definition) is 1. The highest BCUT2D eigenvalue weighted by atomic mass is 16.2. The molecule has 1 unspecified atom stereocenters. The van der Waals surface area contributed by atoms with E-state index in [4.69, 9.17) is 0 Å². The summed E-state index contributed by atoms with van der Waals surface area (Å²) in [7, 11) is 1.83. The molecule has 3 rings (SSSR count). The van der Waals surface area contributed by atoms with E-state index in [0.29, 0.717) is 18.9 Å². The Morgan fingerprint density at radius 2 is 2.32 bits per heavy atom. The maximum atomic E-state index is 11.4. The SMILES string of the molecule is Cc1ccn2nc(NC3CCC(=O)N(C)C3)nc2c1. The summed E-state index contributed by atoms with van der Waals surface area (Å²) < 4.78 is 1.76. The lowest BCUT2D eigenvalue weighted by atomic mass is 10.1. The molecule has 1 aliphatic rings. The molecule has 2 aromatic rings. The summed E-state index contributed by atoms with van der Waals surface area (Å²) in [5.41, 5.74) is 2.00. The number of hydrogen-bond acceptors (Lipinski definition) is 4. The quantitative estimate of drug-likeness (QED) is 0.876. The molecule has 0 aromatic carbocycles. The largest absolute Gasteiger partial charge is 0.348 e. The van der Waals surface area contributed by atoms with Crippen molar-refractivity contribution in [3.8, 4) is 0 Å². The highest BCUT2D eigenvalue weighted by molar-refractivity contribution is 5.76. The number of pyridine rings is 1. The third kappa shape index (κ3) is 2.38. The number of fused-ring (bicyclic) bond motifs is 1. The van der Waals surface area contributed by atoms with E-state index in [-0.39, 0.29) is 11.9 Å². The standard InChI is InChI=1S/C13H17N5O/c1-9-5-6-18-11(7-9)15-13(16-18)14-10-3-4-12(19)17(2)8-10/h5-7,10H,3-4,8H2,1-2H3,(H,14,16). The molecule has 1 N–H and O–H groups in total. The van der Waals surface area contributed by atoms with E-state index in [1.54, 1.807) is 9.42 Å². The van der Waals surface area contributed by atoms with Crippen LogP contribution in [0.5, 0.6) is 0 Å². The van der Waals surface area contributed by atoms with Gasteiger partial charge in [-0.1, -0.05) is 0 Å². The van der Waals surface area contributed by atoms with Crippen LogP contribution in [0.4, 0.5) is 5.95 Å². The molecule has 6 heteroatoms.